The van der Waals surface area contributed by atoms with Crippen LogP contribution in [0.5, 0.6) is 11.5 Å². The first-order chi connectivity index (χ1) is 15.5. The van der Waals surface area contributed by atoms with E-state index in [9.17, 15) is 9.18 Å². The van der Waals surface area contributed by atoms with Crippen molar-refractivity contribution in [2.24, 2.45) is 5.41 Å². The fourth-order valence-electron chi connectivity index (χ4n) is 4.58. The van der Waals surface area contributed by atoms with E-state index in [0.29, 0.717) is 31.3 Å². The predicted octanol–water partition coefficient (Wildman–Crippen LogP) is 4.03. The molecule has 1 atom stereocenters. The van der Waals surface area contributed by atoms with Crippen molar-refractivity contribution in [3.05, 3.63) is 72.3 Å². The summed E-state index contributed by atoms with van der Waals surface area (Å²) >= 11 is 0. The number of ketones is 1. The Morgan fingerprint density at radius 1 is 1.09 bits per heavy atom. The van der Waals surface area contributed by atoms with Gasteiger partial charge in [-0.25, -0.2) is 9.07 Å². The normalized spacial score (nSPS) is 22.2. The van der Waals surface area contributed by atoms with Crippen LogP contribution in [-0.2, 0) is 14.9 Å². The minimum absolute atomic E-state index is 0.219. The van der Waals surface area contributed by atoms with Crippen LogP contribution in [0.25, 0.3) is 5.69 Å². The van der Waals surface area contributed by atoms with Crippen LogP contribution in [0.15, 0.2) is 60.8 Å². The summed E-state index contributed by atoms with van der Waals surface area (Å²) in [6, 6.07) is 15.4. The van der Waals surface area contributed by atoms with Crippen LogP contribution in [0.2, 0.25) is 0 Å². The number of carbonyl (C=O) groups excluding carboxylic acids is 1. The van der Waals surface area contributed by atoms with E-state index >= 15 is 0 Å². The third-order valence-corrected chi connectivity index (χ3v) is 6.44. The number of Topliss-reactive ketones (excluding diaryl/α,β-unsaturated/α-hetero) is 1. The highest BCUT2D eigenvalue weighted by Crippen LogP contribution is 2.41. The van der Waals surface area contributed by atoms with E-state index in [1.165, 1.54) is 12.1 Å². The average Bonchev–Trinajstić information content (AvgIpc) is 3.30. The van der Waals surface area contributed by atoms with Crippen molar-refractivity contribution in [3.8, 4) is 17.2 Å². The van der Waals surface area contributed by atoms with Crippen LogP contribution in [0.3, 0.4) is 0 Å². The van der Waals surface area contributed by atoms with Crippen molar-refractivity contribution in [2.75, 3.05) is 26.3 Å². The maximum Gasteiger partial charge on any atom is 0.156 e. The standard InChI is InChI=1S/C25H26FN3O3/c1-24(16-31-17-24)23(30)25(12-2-13-27-15-25)22-11-14-29(28-22)19-5-9-21(10-6-19)32-20-7-3-18(26)4-8-20/h3-11,14,27H,2,12-13,15-17H2,1H3/t25-/m1/s1. The Morgan fingerprint density at radius 3 is 2.38 bits per heavy atom. The van der Waals surface area contributed by atoms with Crippen LogP contribution in [-0.4, -0.2) is 41.9 Å². The van der Waals surface area contributed by atoms with E-state index in [1.807, 2.05) is 43.5 Å². The summed E-state index contributed by atoms with van der Waals surface area (Å²) in [7, 11) is 0. The Bertz CT molecular complexity index is 1100. The fourth-order valence-corrected chi connectivity index (χ4v) is 4.58. The molecule has 0 spiro atoms. The molecule has 3 aromatic rings. The molecule has 2 aliphatic rings. The Kier molecular flexibility index (Phi) is 5.31. The van der Waals surface area contributed by atoms with E-state index in [2.05, 4.69) is 5.32 Å². The smallest absolute Gasteiger partial charge is 0.156 e. The van der Waals surface area contributed by atoms with E-state index < -0.39 is 10.8 Å². The van der Waals surface area contributed by atoms with E-state index in [-0.39, 0.29) is 11.6 Å². The van der Waals surface area contributed by atoms with Crippen LogP contribution < -0.4 is 10.1 Å². The van der Waals surface area contributed by atoms with Gasteiger partial charge in [-0.1, -0.05) is 0 Å². The monoisotopic (exact) mass is 435 g/mol. The Morgan fingerprint density at radius 2 is 1.78 bits per heavy atom. The second-order valence-corrected chi connectivity index (χ2v) is 8.94. The van der Waals surface area contributed by atoms with E-state index in [4.69, 9.17) is 14.6 Å². The lowest BCUT2D eigenvalue weighted by molar-refractivity contribution is -0.162. The molecule has 2 aromatic carbocycles. The van der Waals surface area contributed by atoms with Gasteiger partial charge in [0.2, 0.25) is 0 Å². The second kappa shape index (κ2) is 8.15. The summed E-state index contributed by atoms with van der Waals surface area (Å²) in [4.78, 5) is 13.6. The Labute approximate surface area is 186 Å². The summed E-state index contributed by atoms with van der Waals surface area (Å²) < 4.78 is 26.0. The lowest BCUT2D eigenvalue weighted by Gasteiger charge is -2.45. The topological polar surface area (TPSA) is 65.4 Å². The summed E-state index contributed by atoms with van der Waals surface area (Å²) in [6.45, 7) is 4.46. The first kappa shape index (κ1) is 20.8. The molecule has 6 nitrogen and oxygen atoms in total. The zero-order valence-corrected chi connectivity index (χ0v) is 18.0. The molecule has 7 heteroatoms. The number of nitrogens with one attached hydrogen (secondary N) is 1. The number of nitrogens with zero attached hydrogens (tertiary/aromatic N) is 2. The maximum absolute atomic E-state index is 13.6. The fraction of sp³-hybridized carbons (Fsp3) is 0.360. The second-order valence-electron chi connectivity index (χ2n) is 8.94. The first-order valence-corrected chi connectivity index (χ1v) is 10.9. The van der Waals surface area contributed by atoms with Gasteiger partial charge in [0.05, 0.1) is 35.4 Å². The van der Waals surface area contributed by atoms with Gasteiger partial charge < -0.3 is 14.8 Å². The van der Waals surface area contributed by atoms with E-state index in [1.54, 1.807) is 16.8 Å². The van der Waals surface area contributed by atoms with Crippen LogP contribution in [0, 0.1) is 11.2 Å². The third-order valence-electron chi connectivity index (χ3n) is 6.44. The molecule has 0 unspecified atom stereocenters. The van der Waals surface area contributed by atoms with Crippen molar-refractivity contribution in [2.45, 2.75) is 25.2 Å². The molecule has 2 fully saturated rings. The summed E-state index contributed by atoms with van der Waals surface area (Å²) in [5, 5.41) is 8.23. The van der Waals surface area contributed by atoms with Gasteiger partial charge in [-0.3, -0.25) is 4.79 Å². The van der Waals surface area contributed by atoms with Gasteiger partial charge in [-0.15, -0.1) is 0 Å². The molecule has 166 valence electrons. The van der Waals surface area contributed by atoms with Gasteiger partial charge in [0.1, 0.15) is 17.3 Å². The largest absolute Gasteiger partial charge is 0.457 e. The van der Waals surface area contributed by atoms with Gasteiger partial charge in [-0.2, -0.15) is 5.10 Å². The minimum Gasteiger partial charge on any atom is -0.457 e. The third kappa shape index (κ3) is 3.72. The van der Waals surface area contributed by atoms with Crippen molar-refractivity contribution >= 4 is 5.78 Å². The Balaban J connectivity index is 1.38. The maximum atomic E-state index is 13.6. The number of piperidine rings is 1. The van der Waals surface area contributed by atoms with Gasteiger partial charge in [-0.05, 0) is 80.9 Å². The van der Waals surface area contributed by atoms with Gasteiger partial charge >= 0.3 is 0 Å². The molecular formula is C25H26FN3O3. The molecule has 2 aliphatic heterocycles. The molecule has 0 saturated carbocycles. The van der Waals surface area contributed by atoms with Gasteiger partial charge in [0.25, 0.3) is 0 Å². The number of benzene rings is 2. The molecule has 1 aromatic heterocycles. The molecule has 3 heterocycles. The van der Waals surface area contributed by atoms with Gasteiger partial charge in [0.15, 0.2) is 5.78 Å². The van der Waals surface area contributed by atoms with Crippen molar-refractivity contribution in [3.63, 3.8) is 0 Å². The predicted molar refractivity (Wildman–Crippen MR) is 118 cm³/mol. The minimum atomic E-state index is -0.631. The summed E-state index contributed by atoms with van der Waals surface area (Å²) in [6.07, 6.45) is 3.62. The molecule has 0 amide bonds. The van der Waals surface area contributed by atoms with Crippen molar-refractivity contribution in [1.82, 2.24) is 15.1 Å². The first-order valence-electron chi connectivity index (χ1n) is 10.9. The number of ether oxygens (including phenoxy) is 2. The highest BCUT2D eigenvalue weighted by atomic mass is 19.1. The average molecular weight is 435 g/mol. The number of aromatic nitrogens is 2. The lowest BCUT2D eigenvalue weighted by Crippen LogP contribution is -2.59. The number of hydrogen-bond acceptors (Lipinski definition) is 5. The molecule has 0 bridgehead atoms. The number of hydrogen-bond donors (Lipinski definition) is 1. The molecule has 0 aliphatic carbocycles. The van der Waals surface area contributed by atoms with Crippen molar-refractivity contribution in [1.29, 1.82) is 0 Å². The number of halogens is 1. The lowest BCUT2D eigenvalue weighted by atomic mass is 9.64. The quantitative estimate of drug-likeness (QED) is 0.633. The summed E-state index contributed by atoms with van der Waals surface area (Å²) in [5.74, 6) is 1.13. The highest BCUT2D eigenvalue weighted by Gasteiger charge is 2.53. The van der Waals surface area contributed by atoms with Crippen molar-refractivity contribution < 1.29 is 18.7 Å². The molecule has 32 heavy (non-hydrogen) atoms. The van der Waals surface area contributed by atoms with E-state index in [0.717, 1.165) is 30.8 Å². The SMILES string of the molecule is CC1(C(=O)[C@]2(c3ccn(-c4ccc(Oc5ccc(F)cc5)cc4)n3)CCCNC2)COC1. The highest BCUT2D eigenvalue weighted by molar-refractivity contribution is 5.95. The molecule has 5 rings (SSSR count). The van der Waals surface area contributed by atoms with Gasteiger partial charge in [0, 0.05) is 12.7 Å². The van der Waals surface area contributed by atoms with Crippen LogP contribution >= 0.6 is 0 Å². The number of carbonyl (C=O) groups is 1. The zero-order chi connectivity index (χ0) is 22.2. The summed E-state index contributed by atoms with van der Waals surface area (Å²) in [5.41, 5.74) is 0.595. The molecule has 0 radical (unpaired) electrons. The Hall–Kier alpha value is -3.03. The van der Waals surface area contributed by atoms with Crippen LogP contribution in [0.4, 0.5) is 4.39 Å². The number of rotatable bonds is 6. The zero-order valence-electron chi connectivity index (χ0n) is 18.0. The molecule has 2 saturated heterocycles. The molecule has 1 N–H and O–H groups in total. The molecular weight excluding hydrogens is 409 g/mol. The van der Waals surface area contributed by atoms with Crippen LogP contribution in [0.1, 0.15) is 25.5 Å².